The molecule has 8 rings (SSSR count). The molecule has 0 heterocycles. The molecule has 44 heavy (non-hydrogen) atoms. The van der Waals surface area contributed by atoms with Crippen molar-refractivity contribution in [2.75, 3.05) is 14.2 Å². The highest BCUT2D eigenvalue weighted by Crippen LogP contribution is 2.59. The van der Waals surface area contributed by atoms with Gasteiger partial charge in [0.25, 0.3) is 0 Å². The smallest absolute Gasteiger partial charge is 0.338 e. The number of ether oxygens (including phenoxy) is 2. The van der Waals surface area contributed by atoms with Crippen LogP contribution in [0.5, 0.6) is 0 Å². The first-order valence-corrected chi connectivity index (χ1v) is 14.5. The van der Waals surface area contributed by atoms with Crippen LogP contribution in [0.25, 0.3) is 43.8 Å². The zero-order chi connectivity index (χ0) is 29.9. The van der Waals surface area contributed by atoms with E-state index in [2.05, 4.69) is 48.5 Å². The van der Waals surface area contributed by atoms with Crippen molar-refractivity contribution in [1.82, 2.24) is 0 Å². The fraction of sp³-hybridized carbons (Fsp3) is 0.0500. The Kier molecular flexibility index (Phi) is 5.85. The fourth-order valence-corrected chi connectivity index (χ4v) is 6.91. The summed E-state index contributed by atoms with van der Waals surface area (Å²) in [6, 6.07) is 40.8. The summed E-state index contributed by atoms with van der Waals surface area (Å²) in [4.78, 5) is 26.7. The number of benzene rings is 6. The number of hydrogen-bond donors (Lipinski definition) is 0. The van der Waals surface area contributed by atoms with E-state index in [1.807, 2.05) is 72.8 Å². The molecule has 6 aromatic carbocycles. The summed E-state index contributed by atoms with van der Waals surface area (Å²) in [6.45, 7) is 0. The average Bonchev–Trinajstić information content (AvgIpc) is 3.59. The van der Waals surface area contributed by atoms with Crippen molar-refractivity contribution in [3.05, 3.63) is 166 Å². The number of hydrogen-bond acceptors (Lipinski definition) is 4. The quantitative estimate of drug-likeness (QED) is 0.199. The van der Waals surface area contributed by atoms with Crippen LogP contribution < -0.4 is 0 Å². The maximum Gasteiger partial charge on any atom is 0.338 e. The van der Waals surface area contributed by atoms with E-state index in [4.69, 9.17) is 9.47 Å². The molecule has 2 aliphatic rings. The molecule has 0 saturated carbocycles. The van der Waals surface area contributed by atoms with Crippen LogP contribution in [0.2, 0.25) is 0 Å². The van der Waals surface area contributed by atoms with Crippen LogP contribution in [0.15, 0.2) is 121 Å². The van der Waals surface area contributed by atoms with Gasteiger partial charge in [0.2, 0.25) is 0 Å². The molecule has 4 heteroatoms. The number of carbonyl (C=O) groups excluding carboxylic acids is 2. The largest absolute Gasteiger partial charge is 0.465 e. The van der Waals surface area contributed by atoms with Crippen molar-refractivity contribution in [3.8, 4) is 0 Å². The SMILES string of the molecule is COC(=O)c1cc2ccccc2cc1C1=C2C(=C(c3cc4ccccc4cc3C(=O)OC)c3ccccc32)c2ccccc21. The topological polar surface area (TPSA) is 52.6 Å². The lowest BCUT2D eigenvalue weighted by Gasteiger charge is -2.16. The lowest BCUT2D eigenvalue weighted by molar-refractivity contribution is 0.0591. The Labute approximate surface area is 254 Å². The van der Waals surface area contributed by atoms with Crippen molar-refractivity contribution in [2.24, 2.45) is 0 Å². The maximum absolute atomic E-state index is 13.3. The minimum Gasteiger partial charge on any atom is -0.465 e. The highest BCUT2D eigenvalue weighted by molar-refractivity contribution is 6.36. The number of allylic oxidation sites excluding steroid dienone is 2. The van der Waals surface area contributed by atoms with Crippen molar-refractivity contribution in [2.45, 2.75) is 0 Å². The molecule has 210 valence electrons. The van der Waals surface area contributed by atoms with E-state index in [-0.39, 0.29) is 11.9 Å². The molecule has 0 aliphatic heterocycles. The summed E-state index contributed by atoms with van der Waals surface area (Å²) in [5, 5.41) is 4.01. The molecule has 6 aromatic rings. The number of esters is 2. The molecule has 0 amide bonds. The summed E-state index contributed by atoms with van der Waals surface area (Å²) in [5.41, 5.74) is 10.9. The third kappa shape index (κ3) is 3.71. The number of rotatable bonds is 4. The van der Waals surface area contributed by atoms with E-state index in [0.717, 1.165) is 77.2 Å². The molecule has 0 N–H and O–H groups in total. The van der Waals surface area contributed by atoms with Gasteiger partial charge in [-0.25, -0.2) is 9.59 Å². The Bertz CT molecular complexity index is 2120. The predicted molar refractivity (Wildman–Crippen MR) is 175 cm³/mol. The van der Waals surface area contributed by atoms with Gasteiger partial charge in [0.1, 0.15) is 0 Å². The van der Waals surface area contributed by atoms with Gasteiger partial charge in [0.15, 0.2) is 0 Å². The second kappa shape index (κ2) is 9.92. The summed E-state index contributed by atoms with van der Waals surface area (Å²) >= 11 is 0. The second-order valence-corrected chi connectivity index (χ2v) is 11.1. The van der Waals surface area contributed by atoms with Gasteiger partial charge < -0.3 is 9.47 Å². The van der Waals surface area contributed by atoms with Crippen LogP contribution in [0, 0.1) is 0 Å². The van der Waals surface area contributed by atoms with Gasteiger partial charge >= 0.3 is 11.9 Å². The lowest BCUT2D eigenvalue weighted by atomic mass is 9.87. The number of carbonyl (C=O) groups is 2. The van der Waals surface area contributed by atoms with Crippen LogP contribution in [-0.2, 0) is 9.47 Å². The Morgan fingerprint density at radius 3 is 1.02 bits per heavy atom. The van der Waals surface area contributed by atoms with E-state index >= 15 is 0 Å². The molecule has 0 aromatic heterocycles. The van der Waals surface area contributed by atoms with Crippen molar-refractivity contribution >= 4 is 55.8 Å². The maximum atomic E-state index is 13.3. The first-order chi connectivity index (χ1) is 21.6. The Morgan fingerprint density at radius 2 is 0.682 bits per heavy atom. The molecule has 0 fully saturated rings. The Balaban J connectivity index is 1.54. The number of methoxy groups -OCH3 is 2. The van der Waals surface area contributed by atoms with Crippen molar-refractivity contribution in [3.63, 3.8) is 0 Å². The van der Waals surface area contributed by atoms with Gasteiger partial charge in [-0.3, -0.25) is 0 Å². The van der Waals surface area contributed by atoms with Crippen LogP contribution in [-0.4, -0.2) is 26.2 Å². The molecule has 2 aliphatic carbocycles. The van der Waals surface area contributed by atoms with Gasteiger partial charge in [-0.2, -0.15) is 0 Å². The molecule has 0 spiro atoms. The van der Waals surface area contributed by atoms with Crippen molar-refractivity contribution < 1.29 is 19.1 Å². The van der Waals surface area contributed by atoms with E-state index < -0.39 is 0 Å². The second-order valence-electron chi connectivity index (χ2n) is 11.1. The zero-order valence-corrected chi connectivity index (χ0v) is 24.2. The average molecular weight is 571 g/mol. The highest BCUT2D eigenvalue weighted by atomic mass is 16.5. The van der Waals surface area contributed by atoms with Crippen LogP contribution in [0.4, 0.5) is 0 Å². The molecule has 0 unspecified atom stereocenters. The van der Waals surface area contributed by atoms with E-state index in [0.29, 0.717) is 11.1 Å². The summed E-state index contributed by atoms with van der Waals surface area (Å²) < 4.78 is 10.6. The van der Waals surface area contributed by atoms with E-state index in [1.165, 1.54) is 14.2 Å². The van der Waals surface area contributed by atoms with E-state index in [1.54, 1.807) is 0 Å². The molecule has 0 radical (unpaired) electrons. The third-order valence-electron chi connectivity index (χ3n) is 8.80. The zero-order valence-electron chi connectivity index (χ0n) is 24.2. The summed E-state index contributed by atoms with van der Waals surface area (Å²) in [5.74, 6) is -0.773. The summed E-state index contributed by atoms with van der Waals surface area (Å²) in [6.07, 6.45) is 0. The molecule has 4 nitrogen and oxygen atoms in total. The third-order valence-corrected chi connectivity index (χ3v) is 8.80. The highest BCUT2D eigenvalue weighted by Gasteiger charge is 2.39. The van der Waals surface area contributed by atoms with Gasteiger partial charge in [0, 0.05) is 0 Å². The Hall–Kier alpha value is -5.74. The number of fused-ring (bicyclic) bond motifs is 7. The molecule has 0 bridgehead atoms. The van der Waals surface area contributed by atoms with Gasteiger partial charge in [-0.15, -0.1) is 0 Å². The Morgan fingerprint density at radius 1 is 0.386 bits per heavy atom. The predicted octanol–water partition coefficient (Wildman–Crippen LogP) is 8.81. The van der Waals surface area contributed by atoms with Crippen LogP contribution in [0.3, 0.4) is 0 Å². The monoisotopic (exact) mass is 570 g/mol. The minimum absolute atomic E-state index is 0.386. The fourth-order valence-electron chi connectivity index (χ4n) is 6.91. The standard InChI is InChI=1S/C40H26O4/c1-43-39(41)33-21-25-13-5-3-11-23(25)19-31(33)35-27-15-7-9-17-29(27)38-36(28-16-8-10-18-30(28)37(35)38)32-20-24-12-4-6-14-26(24)22-34(32)40(42)44-2/h3-22H,1-2H3. The molecule has 0 saturated heterocycles. The molecule has 0 atom stereocenters. The van der Waals surface area contributed by atoms with Gasteiger partial charge in [0.05, 0.1) is 25.3 Å². The minimum atomic E-state index is -0.386. The van der Waals surface area contributed by atoms with Crippen LogP contribution in [0.1, 0.15) is 54.1 Å². The molecular weight excluding hydrogens is 544 g/mol. The lowest BCUT2D eigenvalue weighted by Crippen LogP contribution is -2.07. The first kappa shape index (κ1) is 25.9. The summed E-state index contributed by atoms with van der Waals surface area (Å²) in [7, 11) is 2.84. The van der Waals surface area contributed by atoms with Gasteiger partial charge in [-0.1, -0.05) is 97.1 Å². The van der Waals surface area contributed by atoms with Gasteiger partial charge in [-0.05, 0) is 101 Å². The molecular formula is C40H26O4. The first-order valence-electron chi connectivity index (χ1n) is 14.5. The normalized spacial score (nSPS) is 13.2. The van der Waals surface area contributed by atoms with Crippen molar-refractivity contribution in [1.29, 1.82) is 0 Å². The van der Waals surface area contributed by atoms with Crippen LogP contribution >= 0.6 is 0 Å². The van der Waals surface area contributed by atoms with E-state index in [9.17, 15) is 9.59 Å².